The van der Waals surface area contributed by atoms with Crippen LogP contribution in [0.5, 0.6) is 0 Å². The van der Waals surface area contributed by atoms with E-state index in [-0.39, 0.29) is 65.1 Å². The standard InChI is InChI=1S/C34H40N6O8/c41-27(11-13-29(43)37-47)35-25-19-21(39-15-3-1-4-16-39)7-9-23(25)31-33(45)32(34(31)46)24-10-8-22(40-17-5-2-6-18-40)20-26(24)36-28(42)12-14-30(44)38-48/h7-10,19-20,45,47-48H,1-6,11-18H2,(H,35,41)(H,37,43)(H,38,44)/b32-24+,36-26?. The van der Waals surface area contributed by atoms with E-state index in [4.69, 9.17) is 10.4 Å². The molecule has 14 heteroatoms. The fraction of sp³-hybridized carbons (Fsp3) is 0.412. The summed E-state index contributed by atoms with van der Waals surface area (Å²) in [7, 11) is 0. The Kier molecular flexibility index (Phi) is 11.2. The van der Waals surface area contributed by atoms with Gasteiger partial charge in [-0.1, -0.05) is 0 Å². The van der Waals surface area contributed by atoms with Crippen LogP contribution >= 0.6 is 0 Å². The Bertz CT molecular complexity index is 1640. The topological polar surface area (TPSA) is 201 Å². The third kappa shape index (κ3) is 7.89. The average molecular weight is 661 g/mol. The fourth-order valence-electron chi connectivity index (χ4n) is 6.24. The van der Waals surface area contributed by atoms with Crippen molar-refractivity contribution in [3.63, 3.8) is 0 Å². The molecule has 5 rings (SSSR count). The second-order valence-electron chi connectivity index (χ2n) is 12.1. The maximum Gasteiger partial charge on any atom is 0.246 e. The number of aliphatic hydroxyl groups is 1. The largest absolute Gasteiger partial charge is 0.506 e. The zero-order valence-corrected chi connectivity index (χ0v) is 26.6. The van der Waals surface area contributed by atoms with E-state index < -0.39 is 29.4 Å². The van der Waals surface area contributed by atoms with Gasteiger partial charge in [0.25, 0.3) is 0 Å². The van der Waals surface area contributed by atoms with Crippen LogP contribution in [0.2, 0.25) is 0 Å². The number of hydrogen-bond donors (Lipinski definition) is 6. The molecule has 0 atom stereocenters. The zero-order chi connectivity index (χ0) is 34.2. The number of aliphatic hydroxyl groups excluding tert-OH is 1. The molecular weight excluding hydrogens is 620 g/mol. The first-order valence-electron chi connectivity index (χ1n) is 16.2. The van der Waals surface area contributed by atoms with Crippen molar-refractivity contribution < 1.29 is 39.5 Å². The fourth-order valence-corrected chi connectivity index (χ4v) is 6.24. The molecule has 0 bridgehead atoms. The highest BCUT2D eigenvalue weighted by molar-refractivity contribution is 6.42. The summed E-state index contributed by atoms with van der Waals surface area (Å²) < 4.78 is 0. The number of likely N-dealkylation sites (tertiary alicyclic amines) is 1. The number of nitrogens with one attached hydrogen (secondary N) is 3. The molecule has 1 aromatic rings. The summed E-state index contributed by atoms with van der Waals surface area (Å²) in [5.74, 6) is -3.45. The Hall–Kier alpha value is -5.08. The molecule has 0 spiro atoms. The monoisotopic (exact) mass is 660 g/mol. The van der Waals surface area contributed by atoms with Gasteiger partial charge in [-0.15, -0.1) is 0 Å². The van der Waals surface area contributed by atoms with E-state index in [1.54, 1.807) is 24.3 Å². The van der Waals surface area contributed by atoms with Crippen LogP contribution in [0.15, 0.2) is 64.0 Å². The van der Waals surface area contributed by atoms with Crippen LogP contribution in [0.25, 0.3) is 5.57 Å². The summed E-state index contributed by atoms with van der Waals surface area (Å²) in [5.41, 5.74) is 5.55. The molecule has 4 amide bonds. The molecule has 0 saturated carbocycles. The number of piperidine rings is 2. The quantitative estimate of drug-likeness (QED) is 0.123. The molecule has 6 N–H and O–H groups in total. The molecule has 2 aliphatic heterocycles. The van der Waals surface area contributed by atoms with Crippen LogP contribution in [-0.2, 0) is 24.0 Å². The first-order valence-corrected chi connectivity index (χ1v) is 16.2. The summed E-state index contributed by atoms with van der Waals surface area (Å²) in [6, 6.07) is 5.24. The third-order valence-electron chi connectivity index (χ3n) is 8.81. The summed E-state index contributed by atoms with van der Waals surface area (Å²) in [4.78, 5) is 71.0. The number of carbonyl (C=O) groups is 5. The average Bonchev–Trinajstić information content (AvgIpc) is 3.11. The number of allylic oxidation sites excluding steroid dienone is 6. The van der Waals surface area contributed by atoms with Gasteiger partial charge in [0, 0.05) is 74.4 Å². The Balaban J connectivity index is 1.51. The van der Waals surface area contributed by atoms with Gasteiger partial charge in [-0.05, 0) is 75.0 Å². The molecule has 48 heavy (non-hydrogen) atoms. The molecule has 2 fully saturated rings. The van der Waals surface area contributed by atoms with Gasteiger partial charge in [0.05, 0.1) is 22.5 Å². The maximum absolute atomic E-state index is 13.9. The van der Waals surface area contributed by atoms with Crippen molar-refractivity contribution >= 4 is 52.1 Å². The van der Waals surface area contributed by atoms with Crippen molar-refractivity contribution in [3.05, 3.63) is 64.6 Å². The predicted molar refractivity (Wildman–Crippen MR) is 176 cm³/mol. The van der Waals surface area contributed by atoms with Crippen LogP contribution < -0.4 is 21.2 Å². The van der Waals surface area contributed by atoms with E-state index >= 15 is 0 Å². The molecule has 2 aliphatic carbocycles. The van der Waals surface area contributed by atoms with Gasteiger partial charge in [-0.2, -0.15) is 0 Å². The highest BCUT2D eigenvalue weighted by Crippen LogP contribution is 2.43. The first kappa shape index (κ1) is 34.3. The molecule has 2 heterocycles. The van der Waals surface area contributed by atoms with Crippen molar-refractivity contribution in [3.8, 4) is 0 Å². The second-order valence-corrected chi connectivity index (χ2v) is 12.1. The number of benzene rings is 1. The molecule has 1 aromatic carbocycles. The van der Waals surface area contributed by atoms with Gasteiger partial charge in [-0.3, -0.25) is 34.4 Å². The lowest BCUT2D eigenvalue weighted by Gasteiger charge is -2.32. The molecule has 4 aliphatic rings. The van der Waals surface area contributed by atoms with E-state index in [0.29, 0.717) is 0 Å². The van der Waals surface area contributed by atoms with Gasteiger partial charge >= 0.3 is 0 Å². The Morgan fingerprint density at radius 3 is 1.98 bits per heavy atom. The van der Waals surface area contributed by atoms with Gasteiger partial charge in [0.15, 0.2) is 0 Å². The number of Topliss-reactive ketones (excluding diaryl/α,β-unsaturated/α-hetero) is 1. The minimum absolute atomic E-state index is 0.0180. The van der Waals surface area contributed by atoms with Crippen LogP contribution in [0, 0.1) is 0 Å². The molecule has 0 radical (unpaired) electrons. The van der Waals surface area contributed by atoms with E-state index in [9.17, 15) is 29.1 Å². The Morgan fingerprint density at radius 2 is 1.35 bits per heavy atom. The lowest BCUT2D eigenvalue weighted by atomic mass is 9.78. The molecule has 14 nitrogen and oxygen atoms in total. The van der Waals surface area contributed by atoms with Crippen molar-refractivity contribution in [1.29, 1.82) is 0 Å². The van der Waals surface area contributed by atoms with Crippen molar-refractivity contribution in [2.75, 3.05) is 36.4 Å². The second kappa shape index (κ2) is 15.7. The lowest BCUT2D eigenvalue weighted by molar-refractivity contribution is -0.131. The number of amides is 4. The number of aliphatic imine (C=N–C) groups is 1. The van der Waals surface area contributed by atoms with Crippen LogP contribution in [0.1, 0.15) is 69.8 Å². The summed E-state index contributed by atoms with van der Waals surface area (Å²) >= 11 is 0. The van der Waals surface area contributed by atoms with Gasteiger partial charge in [-0.25, -0.2) is 16.0 Å². The normalized spacial score (nSPS) is 20.3. The van der Waals surface area contributed by atoms with Gasteiger partial charge in [0.2, 0.25) is 29.4 Å². The number of anilines is 2. The molecule has 254 valence electrons. The minimum atomic E-state index is -0.736. The van der Waals surface area contributed by atoms with Crippen LogP contribution in [-0.4, -0.2) is 81.7 Å². The SMILES string of the molecule is O=C(CCC(=O)NO)N=C1C=C(N2CCCCC2)C=C/C1=C1\C(=O)C(c2ccc(N3CCCCC3)cc2NC(=O)CCC(=O)NO)=C1O. The van der Waals surface area contributed by atoms with Gasteiger partial charge < -0.3 is 20.2 Å². The number of ketones is 1. The van der Waals surface area contributed by atoms with Crippen LogP contribution in [0.3, 0.4) is 0 Å². The Labute approximate surface area is 277 Å². The molecule has 2 saturated heterocycles. The van der Waals surface area contributed by atoms with Crippen molar-refractivity contribution in [2.24, 2.45) is 4.99 Å². The maximum atomic E-state index is 13.9. The predicted octanol–water partition coefficient (Wildman–Crippen LogP) is 3.24. The number of hydroxylamine groups is 2. The number of nitrogens with zero attached hydrogens (tertiary/aromatic N) is 3. The Morgan fingerprint density at radius 1 is 0.750 bits per heavy atom. The summed E-state index contributed by atoms with van der Waals surface area (Å²) in [6.45, 7) is 3.30. The molecular formula is C34H40N6O8. The van der Waals surface area contributed by atoms with E-state index in [1.807, 2.05) is 12.1 Å². The summed E-state index contributed by atoms with van der Waals surface area (Å²) in [5, 5.41) is 31.8. The van der Waals surface area contributed by atoms with Gasteiger partial charge in [0.1, 0.15) is 5.76 Å². The smallest absolute Gasteiger partial charge is 0.246 e. The van der Waals surface area contributed by atoms with Crippen molar-refractivity contribution in [1.82, 2.24) is 15.9 Å². The molecule has 0 aromatic heterocycles. The lowest BCUT2D eigenvalue weighted by Crippen LogP contribution is -2.31. The number of hydrogen-bond acceptors (Lipinski definition) is 10. The highest BCUT2D eigenvalue weighted by Gasteiger charge is 2.39. The minimum Gasteiger partial charge on any atom is -0.506 e. The van der Waals surface area contributed by atoms with E-state index in [0.717, 1.165) is 76.1 Å². The first-order chi connectivity index (χ1) is 23.2. The third-order valence-corrected chi connectivity index (χ3v) is 8.81. The summed E-state index contributed by atoms with van der Waals surface area (Å²) in [6.07, 6.45) is 10.4. The van der Waals surface area contributed by atoms with Crippen molar-refractivity contribution in [2.45, 2.75) is 64.2 Å². The van der Waals surface area contributed by atoms with E-state index in [1.165, 1.54) is 11.0 Å². The molecule has 0 unspecified atom stereocenters. The van der Waals surface area contributed by atoms with Crippen LogP contribution in [0.4, 0.5) is 11.4 Å². The number of rotatable bonds is 10. The highest BCUT2D eigenvalue weighted by atomic mass is 16.5. The van der Waals surface area contributed by atoms with E-state index in [2.05, 4.69) is 20.1 Å². The zero-order valence-electron chi connectivity index (χ0n) is 26.6. The number of carbonyl (C=O) groups excluding carboxylic acids is 5.